The van der Waals surface area contributed by atoms with Crippen molar-refractivity contribution in [1.82, 2.24) is 19.5 Å². The molecule has 0 fully saturated rings. The molecule has 0 spiro atoms. The van der Waals surface area contributed by atoms with Gasteiger partial charge in [0.25, 0.3) is 0 Å². The van der Waals surface area contributed by atoms with Crippen molar-refractivity contribution < 1.29 is 0 Å². The van der Waals surface area contributed by atoms with Crippen LogP contribution in [0, 0.1) is 0 Å². The minimum Gasteiger partial charge on any atom is -0.293 e. The van der Waals surface area contributed by atoms with Crippen LogP contribution in [0.5, 0.6) is 0 Å². The van der Waals surface area contributed by atoms with Gasteiger partial charge in [0, 0.05) is 55.8 Å². The van der Waals surface area contributed by atoms with E-state index in [-0.39, 0.29) is 0 Å². The third kappa shape index (κ3) is 3.92. The van der Waals surface area contributed by atoms with Crippen molar-refractivity contribution >= 4 is 65.0 Å². The molecular formula is C43H26N4. The fourth-order valence-electron chi connectivity index (χ4n) is 7.32. The Labute approximate surface area is 270 Å². The molecule has 0 aliphatic rings. The van der Waals surface area contributed by atoms with E-state index in [9.17, 15) is 0 Å². The summed E-state index contributed by atoms with van der Waals surface area (Å²) in [7, 11) is 0. The topological polar surface area (TPSA) is 43.6 Å². The minimum absolute atomic E-state index is 0.890. The normalized spacial score (nSPS) is 11.8. The molecule has 218 valence electrons. The van der Waals surface area contributed by atoms with Gasteiger partial charge in [0.1, 0.15) is 5.82 Å². The summed E-state index contributed by atoms with van der Waals surface area (Å²) in [5.74, 6) is 0.890. The molecule has 6 aromatic carbocycles. The molecule has 4 heteroatoms. The van der Waals surface area contributed by atoms with Crippen molar-refractivity contribution in [2.45, 2.75) is 0 Å². The van der Waals surface area contributed by atoms with Gasteiger partial charge in [-0.1, -0.05) is 97.1 Å². The third-order valence-corrected chi connectivity index (χ3v) is 9.46. The molecule has 0 saturated carbocycles. The summed E-state index contributed by atoms with van der Waals surface area (Å²) in [5.41, 5.74) is 7.36. The van der Waals surface area contributed by atoms with E-state index in [0.29, 0.717) is 0 Å². The summed E-state index contributed by atoms with van der Waals surface area (Å²) in [6.45, 7) is 0. The Hall–Kier alpha value is -6.39. The first-order valence-corrected chi connectivity index (χ1v) is 15.9. The molecule has 0 saturated heterocycles. The van der Waals surface area contributed by atoms with Gasteiger partial charge >= 0.3 is 0 Å². The zero-order valence-corrected chi connectivity index (χ0v) is 25.3. The molecule has 10 rings (SSSR count). The van der Waals surface area contributed by atoms with E-state index in [1.165, 1.54) is 10.8 Å². The molecule has 0 atom stereocenters. The van der Waals surface area contributed by atoms with Gasteiger partial charge in [-0.3, -0.25) is 14.5 Å². The number of hydrogen-bond donors (Lipinski definition) is 0. The predicted octanol–water partition coefficient (Wildman–Crippen LogP) is 10.9. The summed E-state index contributed by atoms with van der Waals surface area (Å²) in [4.78, 5) is 15.1. The molecule has 0 N–H and O–H groups in total. The van der Waals surface area contributed by atoms with Crippen molar-refractivity contribution in [3.05, 3.63) is 158 Å². The maximum absolute atomic E-state index is 5.21. The monoisotopic (exact) mass is 598 g/mol. The quantitative estimate of drug-likeness (QED) is 0.203. The molecule has 0 aliphatic heterocycles. The molecule has 0 bridgehead atoms. The second kappa shape index (κ2) is 10.1. The molecule has 10 aromatic rings. The lowest BCUT2D eigenvalue weighted by molar-refractivity contribution is 1.11. The van der Waals surface area contributed by atoms with Crippen LogP contribution in [0.3, 0.4) is 0 Å². The van der Waals surface area contributed by atoms with Crippen molar-refractivity contribution in [1.29, 1.82) is 0 Å². The van der Waals surface area contributed by atoms with Crippen molar-refractivity contribution in [2.24, 2.45) is 0 Å². The zero-order chi connectivity index (χ0) is 30.9. The lowest BCUT2D eigenvalue weighted by atomic mass is 9.95. The number of pyridine rings is 3. The zero-order valence-electron chi connectivity index (χ0n) is 25.3. The van der Waals surface area contributed by atoms with E-state index in [0.717, 1.165) is 82.6 Å². The largest absolute Gasteiger partial charge is 0.293 e. The Morgan fingerprint density at radius 1 is 0.426 bits per heavy atom. The first-order chi connectivity index (χ1) is 23.3. The highest BCUT2D eigenvalue weighted by atomic mass is 15.1. The number of nitrogens with zero attached hydrogens (tertiary/aromatic N) is 4. The van der Waals surface area contributed by atoms with Crippen LogP contribution in [0.2, 0.25) is 0 Å². The first kappa shape index (κ1) is 25.9. The van der Waals surface area contributed by atoms with Gasteiger partial charge in [0.05, 0.1) is 27.9 Å². The number of fused-ring (bicyclic) bond motifs is 8. The Morgan fingerprint density at radius 3 is 1.85 bits per heavy atom. The SMILES string of the molecule is c1ccc2nc(-n3c4ccc(-c5nccc6ccccc56)cc4c4cc(-c5nccc6ccccc56)c5ccccc5c43)ccc2c1. The van der Waals surface area contributed by atoms with Crippen molar-refractivity contribution in [3.63, 3.8) is 0 Å². The fraction of sp³-hybridized carbons (Fsp3) is 0. The standard InChI is InChI=1S/C43H26N4/c1-4-12-31-27(9-1)21-23-44-41(31)30-17-19-39-35(25-30)37-26-36(42-32-13-5-2-10-28(32)22-24-45-42)33-14-6-7-15-34(33)43(37)47(39)40-20-18-29-11-3-8-16-38(29)46-40/h1-26H. The lowest BCUT2D eigenvalue weighted by Gasteiger charge is -2.13. The highest BCUT2D eigenvalue weighted by Crippen LogP contribution is 2.43. The average molecular weight is 599 g/mol. The summed E-state index contributed by atoms with van der Waals surface area (Å²) in [6, 6.07) is 51.5. The Kier molecular flexibility index (Phi) is 5.54. The smallest absolute Gasteiger partial charge is 0.138 e. The molecule has 47 heavy (non-hydrogen) atoms. The van der Waals surface area contributed by atoms with Gasteiger partial charge < -0.3 is 0 Å². The van der Waals surface area contributed by atoms with Crippen LogP contribution in [0.1, 0.15) is 0 Å². The fourth-order valence-corrected chi connectivity index (χ4v) is 7.32. The van der Waals surface area contributed by atoms with Gasteiger partial charge in [-0.2, -0.15) is 0 Å². The van der Waals surface area contributed by atoms with E-state index in [2.05, 4.69) is 144 Å². The van der Waals surface area contributed by atoms with Crippen LogP contribution < -0.4 is 0 Å². The van der Waals surface area contributed by atoms with Crippen molar-refractivity contribution in [2.75, 3.05) is 0 Å². The van der Waals surface area contributed by atoms with Gasteiger partial charge in [0.2, 0.25) is 0 Å². The molecule has 4 aromatic heterocycles. The van der Waals surface area contributed by atoms with E-state index in [1.807, 2.05) is 18.5 Å². The molecular weight excluding hydrogens is 573 g/mol. The Bertz CT molecular complexity index is 2850. The number of rotatable bonds is 3. The van der Waals surface area contributed by atoms with E-state index in [4.69, 9.17) is 15.0 Å². The number of aromatic nitrogens is 4. The van der Waals surface area contributed by atoms with Gasteiger partial charge in [-0.25, -0.2) is 4.98 Å². The van der Waals surface area contributed by atoms with E-state index in [1.54, 1.807) is 0 Å². The minimum atomic E-state index is 0.890. The molecule has 0 unspecified atom stereocenters. The van der Waals surface area contributed by atoms with E-state index >= 15 is 0 Å². The predicted molar refractivity (Wildman–Crippen MR) is 195 cm³/mol. The molecule has 0 amide bonds. The van der Waals surface area contributed by atoms with Gasteiger partial charge in [-0.15, -0.1) is 0 Å². The van der Waals surface area contributed by atoms with Crippen LogP contribution in [-0.2, 0) is 0 Å². The van der Waals surface area contributed by atoms with Crippen LogP contribution in [0.25, 0.3) is 93.4 Å². The Balaban J connectivity index is 1.36. The molecule has 4 heterocycles. The number of hydrogen-bond acceptors (Lipinski definition) is 3. The van der Waals surface area contributed by atoms with Crippen molar-refractivity contribution in [3.8, 4) is 28.3 Å². The van der Waals surface area contributed by atoms with Gasteiger partial charge in [-0.05, 0) is 64.7 Å². The van der Waals surface area contributed by atoms with Crippen LogP contribution >= 0.6 is 0 Å². The van der Waals surface area contributed by atoms with Crippen LogP contribution in [-0.4, -0.2) is 19.5 Å². The molecule has 0 aliphatic carbocycles. The average Bonchev–Trinajstić information content (AvgIpc) is 3.47. The summed E-state index contributed by atoms with van der Waals surface area (Å²) < 4.78 is 2.33. The molecule has 0 radical (unpaired) electrons. The second-order valence-electron chi connectivity index (χ2n) is 12.1. The lowest BCUT2D eigenvalue weighted by Crippen LogP contribution is -1.98. The maximum atomic E-state index is 5.21. The number of para-hydroxylation sites is 1. The summed E-state index contributed by atoms with van der Waals surface area (Å²) >= 11 is 0. The summed E-state index contributed by atoms with van der Waals surface area (Å²) in [5, 5.41) is 10.4. The maximum Gasteiger partial charge on any atom is 0.138 e. The highest BCUT2D eigenvalue weighted by Gasteiger charge is 2.21. The Morgan fingerprint density at radius 2 is 1.06 bits per heavy atom. The van der Waals surface area contributed by atoms with E-state index < -0.39 is 0 Å². The highest BCUT2D eigenvalue weighted by molar-refractivity contribution is 6.23. The van der Waals surface area contributed by atoms with Crippen LogP contribution in [0.15, 0.2) is 158 Å². The van der Waals surface area contributed by atoms with Crippen LogP contribution in [0.4, 0.5) is 0 Å². The first-order valence-electron chi connectivity index (χ1n) is 15.9. The van der Waals surface area contributed by atoms with Gasteiger partial charge in [0.15, 0.2) is 0 Å². The summed E-state index contributed by atoms with van der Waals surface area (Å²) in [6.07, 6.45) is 3.82. The second-order valence-corrected chi connectivity index (χ2v) is 12.1. The number of benzene rings is 6. The third-order valence-electron chi connectivity index (χ3n) is 9.46. The molecule has 4 nitrogen and oxygen atoms in total.